The minimum atomic E-state index is -0.440. The number of carbonyl (C=O) groups excluding carboxylic acids is 3. The lowest BCUT2D eigenvalue weighted by Crippen LogP contribution is -2.57. The van der Waals surface area contributed by atoms with Crippen LogP contribution in [0.25, 0.3) is 38.8 Å². The maximum Gasteiger partial charge on any atom is 0.353 e. The van der Waals surface area contributed by atoms with E-state index in [1.54, 1.807) is 35.4 Å². The second kappa shape index (κ2) is 19.0. The number of piperazine rings is 1. The van der Waals surface area contributed by atoms with Crippen molar-refractivity contribution in [3.63, 3.8) is 0 Å². The van der Waals surface area contributed by atoms with Gasteiger partial charge in [0.2, 0.25) is 11.8 Å². The number of hydrogen-bond acceptors (Lipinski definition) is 12. The number of hydrogen-bond donors (Lipinski definition) is 1. The molecule has 4 amide bonds. The quantitative estimate of drug-likeness (QED) is 0.144. The Hall–Kier alpha value is -7.86. The number of carbonyl (C=O) groups is 3. The molecule has 0 saturated carbocycles. The van der Waals surface area contributed by atoms with E-state index in [4.69, 9.17) is 14.8 Å². The van der Waals surface area contributed by atoms with Gasteiger partial charge >= 0.3 is 17.7 Å². The Morgan fingerprint density at radius 1 is 0.736 bits per heavy atom. The predicted octanol–water partition coefficient (Wildman–Crippen LogP) is 6.30. The zero-order valence-electron chi connectivity index (χ0n) is 41.4. The number of piperidine rings is 2. The number of ether oxygens (including phenoxy) is 1. The molecule has 4 aliphatic heterocycles. The average molecular weight is 970 g/mol. The molecule has 1 unspecified atom stereocenters. The molecule has 0 radical (unpaired) electrons. The lowest BCUT2D eigenvalue weighted by molar-refractivity contribution is -0.134. The van der Waals surface area contributed by atoms with Crippen LogP contribution >= 0.6 is 0 Å². The van der Waals surface area contributed by atoms with Gasteiger partial charge in [-0.15, -0.1) is 5.10 Å². The van der Waals surface area contributed by atoms with Crippen LogP contribution < -0.4 is 35.3 Å². The van der Waals surface area contributed by atoms with Gasteiger partial charge in [0.05, 0.1) is 47.5 Å². The maximum atomic E-state index is 13.9. The molecule has 4 fully saturated rings. The first kappa shape index (κ1) is 46.5. The highest BCUT2D eigenvalue weighted by Crippen LogP contribution is 2.41. The third-order valence-electron chi connectivity index (χ3n) is 15.2. The molecular formula is C54H59N13O5. The fourth-order valence-corrected chi connectivity index (χ4v) is 11.6. The number of aryl methyl sites for hydroxylation is 2. The van der Waals surface area contributed by atoms with E-state index in [0.717, 1.165) is 107 Å². The molecular weight excluding hydrogens is 911 g/mol. The standard InChI is InChI=1S/C54H59N13O5/c1-6-40-42(20-24-56-50(40)66-30-29-65(54(66)71)39-9-8-23-55-32-39)41-17-16-38(67-52(72-5)59-61(4)53(67)70)31-45(41)35-12-14-36(15-13-35)62-25-21-37(22-26-62)64-28-27-63(33-34(64)2)46-11-7-10-43-48(58-60(3)49(43)46)44-18-19-47(68)57-51(44)69/h7-17,20,23-24,31-32,34,37,44H,6,18-19,21-22,25-30,33H2,1-5H3,(H,57,68,69)/t34-,44?/m1/s1. The number of aromatic nitrogens is 7. The van der Waals surface area contributed by atoms with Crippen molar-refractivity contribution in [2.45, 2.75) is 64.0 Å². The number of fused-ring (bicyclic) bond motifs is 1. The van der Waals surface area contributed by atoms with Crippen LogP contribution in [-0.4, -0.2) is 122 Å². The summed E-state index contributed by atoms with van der Waals surface area (Å²) < 4.78 is 10.2. The zero-order valence-corrected chi connectivity index (χ0v) is 41.4. The number of benzene rings is 3. The molecule has 18 heteroatoms. The summed E-state index contributed by atoms with van der Waals surface area (Å²) in [4.78, 5) is 72.3. The number of anilines is 4. The lowest BCUT2D eigenvalue weighted by atomic mass is 9.90. The second-order valence-corrected chi connectivity index (χ2v) is 19.3. The fourth-order valence-electron chi connectivity index (χ4n) is 11.6. The summed E-state index contributed by atoms with van der Waals surface area (Å²) in [5.41, 5.74) is 9.82. The van der Waals surface area contributed by atoms with Crippen molar-refractivity contribution in [1.82, 2.24) is 44.3 Å². The molecule has 2 atom stereocenters. The van der Waals surface area contributed by atoms with Gasteiger partial charge in [-0.1, -0.05) is 37.3 Å². The third kappa shape index (κ3) is 8.22. The number of pyridine rings is 2. The Balaban J connectivity index is 0.820. The van der Waals surface area contributed by atoms with Gasteiger partial charge in [0.15, 0.2) is 0 Å². The summed E-state index contributed by atoms with van der Waals surface area (Å²) in [5, 5.41) is 12.6. The highest BCUT2D eigenvalue weighted by molar-refractivity contribution is 6.07. The molecule has 4 aliphatic rings. The molecule has 7 aromatic rings. The van der Waals surface area contributed by atoms with Gasteiger partial charge in [-0.3, -0.25) is 39.3 Å². The van der Waals surface area contributed by atoms with E-state index in [-0.39, 0.29) is 29.5 Å². The Morgan fingerprint density at radius 2 is 1.53 bits per heavy atom. The molecule has 370 valence electrons. The highest BCUT2D eigenvalue weighted by atomic mass is 16.5. The number of methoxy groups -OCH3 is 1. The maximum absolute atomic E-state index is 13.9. The van der Waals surface area contributed by atoms with E-state index in [9.17, 15) is 19.2 Å². The number of nitrogens with one attached hydrogen (secondary N) is 1. The van der Waals surface area contributed by atoms with Crippen LogP contribution in [0.2, 0.25) is 0 Å². The van der Waals surface area contributed by atoms with E-state index in [2.05, 4.69) is 80.3 Å². The normalized spacial score (nSPS) is 19.2. The smallest absolute Gasteiger partial charge is 0.353 e. The average Bonchev–Trinajstić information content (AvgIpc) is 4.06. The van der Waals surface area contributed by atoms with E-state index in [1.807, 2.05) is 54.2 Å². The van der Waals surface area contributed by atoms with Crippen molar-refractivity contribution in [2.24, 2.45) is 14.1 Å². The van der Waals surface area contributed by atoms with E-state index >= 15 is 0 Å². The zero-order chi connectivity index (χ0) is 49.8. The first-order valence-electron chi connectivity index (χ1n) is 25.0. The summed E-state index contributed by atoms with van der Waals surface area (Å²) in [7, 11) is 5.06. The molecule has 4 aromatic heterocycles. The monoisotopic (exact) mass is 969 g/mol. The van der Waals surface area contributed by atoms with Gasteiger partial charge in [-0.2, -0.15) is 5.10 Å². The van der Waals surface area contributed by atoms with Crippen LogP contribution in [0.3, 0.4) is 0 Å². The molecule has 0 aliphatic carbocycles. The van der Waals surface area contributed by atoms with Gasteiger partial charge in [0.25, 0.3) is 0 Å². The molecule has 0 spiro atoms. The van der Waals surface area contributed by atoms with E-state index < -0.39 is 5.92 Å². The summed E-state index contributed by atoms with van der Waals surface area (Å²) in [6, 6.07) is 27.5. The first-order valence-corrected chi connectivity index (χ1v) is 25.0. The Kier molecular flexibility index (Phi) is 12.3. The predicted molar refractivity (Wildman–Crippen MR) is 277 cm³/mol. The van der Waals surface area contributed by atoms with Crippen LogP contribution in [0.5, 0.6) is 6.01 Å². The van der Waals surface area contributed by atoms with Crippen LogP contribution in [0.4, 0.5) is 27.7 Å². The van der Waals surface area contributed by atoms with Gasteiger partial charge < -0.3 is 14.5 Å². The summed E-state index contributed by atoms with van der Waals surface area (Å²) in [6.07, 6.45) is 8.70. The van der Waals surface area contributed by atoms with Crippen molar-refractivity contribution in [3.8, 4) is 34.0 Å². The van der Waals surface area contributed by atoms with Crippen LogP contribution in [0.15, 0.2) is 102 Å². The van der Waals surface area contributed by atoms with Gasteiger partial charge in [0, 0.05) is 107 Å². The SMILES string of the molecule is CCc1c(-c2ccc(-n3c(OC)nn(C)c3=O)cc2-c2ccc(N3CCC(N4CCN(c5cccc6c(C7CCC(=O)NC7=O)nn(C)c56)C[C@H]4C)CC3)cc2)ccnc1N1CCN(c2cccnc2)C1=O. The lowest BCUT2D eigenvalue weighted by Gasteiger charge is -2.47. The number of urea groups is 1. The molecule has 72 heavy (non-hydrogen) atoms. The fraction of sp³-hybridized carbons (Fsp3) is 0.370. The van der Waals surface area contributed by atoms with Crippen molar-refractivity contribution in [2.75, 3.05) is 72.5 Å². The van der Waals surface area contributed by atoms with Crippen LogP contribution in [-0.2, 0) is 30.1 Å². The van der Waals surface area contributed by atoms with Gasteiger partial charge in [-0.05, 0) is 103 Å². The molecule has 0 bridgehead atoms. The summed E-state index contributed by atoms with van der Waals surface area (Å²) in [6.45, 7) is 10.0. The van der Waals surface area contributed by atoms with E-state index in [1.165, 1.54) is 16.4 Å². The number of imide groups is 1. The first-order chi connectivity index (χ1) is 35.0. The number of para-hydroxylation sites is 1. The van der Waals surface area contributed by atoms with Gasteiger partial charge in [-0.25, -0.2) is 23.8 Å². The Morgan fingerprint density at radius 3 is 2.26 bits per heavy atom. The molecule has 18 nitrogen and oxygen atoms in total. The summed E-state index contributed by atoms with van der Waals surface area (Å²) in [5.74, 6) is -0.301. The van der Waals surface area contributed by atoms with Crippen molar-refractivity contribution in [3.05, 3.63) is 119 Å². The molecule has 11 rings (SSSR count). The topological polar surface area (TPSA) is 172 Å². The molecule has 3 aromatic carbocycles. The largest absolute Gasteiger partial charge is 0.467 e. The Bertz CT molecular complexity index is 3270. The van der Waals surface area contributed by atoms with Crippen molar-refractivity contribution >= 4 is 51.6 Å². The second-order valence-electron chi connectivity index (χ2n) is 19.3. The number of amides is 4. The number of rotatable bonds is 11. The van der Waals surface area contributed by atoms with Crippen LogP contribution in [0, 0.1) is 0 Å². The minimum absolute atomic E-state index is 0.142. The highest BCUT2D eigenvalue weighted by Gasteiger charge is 2.36. The van der Waals surface area contributed by atoms with E-state index in [0.29, 0.717) is 55.9 Å². The molecule has 4 saturated heterocycles. The molecule has 1 N–H and O–H groups in total. The minimum Gasteiger partial charge on any atom is -0.467 e. The third-order valence-corrected chi connectivity index (χ3v) is 15.2. The summed E-state index contributed by atoms with van der Waals surface area (Å²) >= 11 is 0. The number of nitrogens with zero attached hydrogens (tertiary/aromatic N) is 12. The van der Waals surface area contributed by atoms with Gasteiger partial charge in [0.1, 0.15) is 5.82 Å². The van der Waals surface area contributed by atoms with Crippen LogP contribution in [0.1, 0.15) is 56.7 Å². The Labute approximate surface area is 417 Å². The van der Waals surface area contributed by atoms with Crippen molar-refractivity contribution < 1.29 is 19.1 Å². The van der Waals surface area contributed by atoms with Crippen molar-refractivity contribution in [1.29, 1.82) is 0 Å². The molecule has 8 heterocycles.